The molecule has 1 saturated heterocycles. The van der Waals surface area contributed by atoms with Gasteiger partial charge in [-0.1, -0.05) is 0 Å². The average molecular weight is 298 g/mol. The third-order valence-corrected chi connectivity index (χ3v) is 5.14. The number of sulfonamides is 1. The highest BCUT2D eigenvalue weighted by molar-refractivity contribution is 7.88. The van der Waals surface area contributed by atoms with E-state index in [-0.39, 0.29) is 18.2 Å². The topological polar surface area (TPSA) is 68.7 Å². The fourth-order valence-electron chi connectivity index (χ4n) is 3.01. The van der Waals surface area contributed by atoms with Crippen molar-refractivity contribution in [2.75, 3.05) is 19.4 Å². The molecule has 0 spiro atoms. The van der Waals surface area contributed by atoms with Crippen LogP contribution in [0.25, 0.3) is 0 Å². The number of fused-ring (bicyclic) bond motifs is 1. The van der Waals surface area contributed by atoms with E-state index in [2.05, 4.69) is 4.98 Å². The van der Waals surface area contributed by atoms with Gasteiger partial charge in [-0.05, 0) is 25.0 Å². The molecule has 0 amide bonds. The quantitative estimate of drug-likeness (QED) is 0.819. The first kappa shape index (κ1) is 13.8. The van der Waals surface area contributed by atoms with Crippen molar-refractivity contribution in [1.82, 2.24) is 9.29 Å². The highest BCUT2D eigenvalue weighted by atomic mass is 32.2. The minimum atomic E-state index is -3.19. The first-order chi connectivity index (χ1) is 9.55. The molecule has 1 aliphatic heterocycles. The van der Waals surface area contributed by atoms with Crippen molar-refractivity contribution in [3.05, 3.63) is 24.5 Å². The van der Waals surface area contributed by atoms with Crippen molar-refractivity contribution in [2.45, 2.75) is 31.1 Å². The van der Waals surface area contributed by atoms with Gasteiger partial charge in [0.15, 0.2) is 0 Å². The number of aromatic nitrogens is 1. The highest BCUT2D eigenvalue weighted by Crippen LogP contribution is 2.33. The predicted molar refractivity (Wildman–Crippen MR) is 73.0 cm³/mol. The molecule has 0 unspecified atom stereocenters. The van der Waals surface area contributed by atoms with Crippen molar-refractivity contribution in [3.63, 3.8) is 0 Å². The van der Waals surface area contributed by atoms with Crippen LogP contribution in [0.4, 0.5) is 0 Å². The van der Waals surface area contributed by atoms with Gasteiger partial charge in [-0.2, -0.15) is 4.31 Å². The Balaban J connectivity index is 1.75. The minimum absolute atomic E-state index is 0.111. The smallest absolute Gasteiger partial charge is 0.211 e. The summed E-state index contributed by atoms with van der Waals surface area (Å²) in [6.07, 6.45) is 5.84. The Morgan fingerprint density at radius 2 is 2.30 bits per heavy atom. The number of pyridine rings is 1. The van der Waals surface area contributed by atoms with Gasteiger partial charge < -0.3 is 9.47 Å². The number of hydrogen-bond acceptors (Lipinski definition) is 5. The number of hydrogen-bond donors (Lipinski definition) is 0. The Bertz CT molecular complexity index is 563. The van der Waals surface area contributed by atoms with Gasteiger partial charge in [0.25, 0.3) is 0 Å². The van der Waals surface area contributed by atoms with Gasteiger partial charge in [0.1, 0.15) is 18.0 Å². The average Bonchev–Trinajstić information content (AvgIpc) is 2.82. The molecule has 0 radical (unpaired) electrons. The lowest BCUT2D eigenvalue weighted by atomic mass is 10.1. The lowest BCUT2D eigenvalue weighted by Gasteiger charge is -2.37. The van der Waals surface area contributed by atoms with E-state index in [9.17, 15) is 8.42 Å². The molecule has 3 rings (SSSR count). The second kappa shape index (κ2) is 5.31. The van der Waals surface area contributed by atoms with Crippen molar-refractivity contribution in [2.24, 2.45) is 0 Å². The number of ether oxygens (including phenoxy) is 2. The van der Waals surface area contributed by atoms with Crippen LogP contribution in [0.5, 0.6) is 5.75 Å². The van der Waals surface area contributed by atoms with Gasteiger partial charge in [-0.3, -0.25) is 4.98 Å². The molecule has 20 heavy (non-hydrogen) atoms. The maximum atomic E-state index is 11.8. The van der Waals surface area contributed by atoms with Crippen LogP contribution in [0.3, 0.4) is 0 Å². The fourth-order valence-corrected chi connectivity index (χ4v) is 4.13. The van der Waals surface area contributed by atoms with Crippen molar-refractivity contribution in [1.29, 1.82) is 0 Å². The standard InChI is InChI=1S/C13H18N2O4S/c1-20(16,17)15-7-8-18-13-11(15)4-5-12(13)19-10-3-2-6-14-9-10/h2-3,6,9,11-13H,4-5,7-8H2,1H3/t11-,12+,13+/m0/s1. The summed E-state index contributed by atoms with van der Waals surface area (Å²) in [6.45, 7) is 0.848. The van der Waals surface area contributed by atoms with E-state index < -0.39 is 10.0 Å². The van der Waals surface area contributed by atoms with Crippen LogP contribution in [0.1, 0.15) is 12.8 Å². The van der Waals surface area contributed by atoms with Gasteiger partial charge in [-0.15, -0.1) is 0 Å². The maximum absolute atomic E-state index is 11.8. The second-order valence-electron chi connectivity index (χ2n) is 5.20. The van der Waals surface area contributed by atoms with Crippen LogP contribution in [0, 0.1) is 0 Å². The Kier molecular flexibility index (Phi) is 3.66. The van der Waals surface area contributed by atoms with Crippen LogP contribution >= 0.6 is 0 Å². The van der Waals surface area contributed by atoms with Crippen molar-refractivity contribution in [3.8, 4) is 5.75 Å². The lowest BCUT2D eigenvalue weighted by Crippen LogP contribution is -2.53. The first-order valence-corrected chi connectivity index (χ1v) is 8.55. The Hall–Kier alpha value is -1.18. The van der Waals surface area contributed by atoms with E-state index in [0.717, 1.165) is 12.8 Å². The third-order valence-electron chi connectivity index (χ3n) is 3.83. The molecule has 0 aromatic carbocycles. The van der Waals surface area contributed by atoms with Crippen LogP contribution in [-0.2, 0) is 14.8 Å². The zero-order chi connectivity index (χ0) is 14.2. The molecular formula is C13H18N2O4S. The van der Waals surface area contributed by atoms with Gasteiger partial charge in [0.2, 0.25) is 10.0 Å². The van der Waals surface area contributed by atoms with Gasteiger partial charge in [0.05, 0.1) is 25.1 Å². The summed E-state index contributed by atoms with van der Waals surface area (Å²) in [4.78, 5) is 4.01. The largest absolute Gasteiger partial charge is 0.486 e. The molecule has 2 aliphatic rings. The molecule has 2 heterocycles. The Morgan fingerprint density at radius 1 is 1.45 bits per heavy atom. The molecule has 0 N–H and O–H groups in total. The van der Waals surface area contributed by atoms with Gasteiger partial charge >= 0.3 is 0 Å². The highest BCUT2D eigenvalue weighted by Gasteiger charge is 2.46. The normalized spacial score (nSPS) is 30.9. The number of nitrogens with zero attached hydrogens (tertiary/aromatic N) is 2. The van der Waals surface area contributed by atoms with Crippen LogP contribution in [0.2, 0.25) is 0 Å². The molecule has 1 saturated carbocycles. The maximum Gasteiger partial charge on any atom is 0.211 e. The zero-order valence-corrected chi connectivity index (χ0v) is 12.1. The first-order valence-electron chi connectivity index (χ1n) is 6.71. The summed E-state index contributed by atoms with van der Waals surface area (Å²) in [7, 11) is -3.19. The van der Waals surface area contributed by atoms with E-state index >= 15 is 0 Å². The monoisotopic (exact) mass is 298 g/mol. The van der Waals surface area contributed by atoms with Crippen LogP contribution in [0.15, 0.2) is 24.5 Å². The predicted octanol–water partition coefficient (Wildman–Crippen LogP) is 0.652. The molecule has 1 aromatic rings. The summed E-state index contributed by atoms with van der Waals surface area (Å²) in [5.74, 6) is 0.693. The number of morpholine rings is 1. The molecule has 110 valence electrons. The summed E-state index contributed by atoms with van der Waals surface area (Å²) in [5, 5.41) is 0. The zero-order valence-electron chi connectivity index (χ0n) is 11.3. The molecule has 0 bridgehead atoms. The SMILES string of the molecule is CS(=O)(=O)N1CCO[C@H]2[C@H](Oc3cccnc3)CC[C@@H]21. The molecule has 3 atom stereocenters. The number of rotatable bonds is 3. The van der Waals surface area contributed by atoms with E-state index in [1.165, 1.54) is 6.26 Å². The van der Waals surface area contributed by atoms with Crippen molar-refractivity contribution < 1.29 is 17.9 Å². The summed E-state index contributed by atoms with van der Waals surface area (Å²) in [5.41, 5.74) is 0. The van der Waals surface area contributed by atoms with E-state index in [1.807, 2.05) is 12.1 Å². The summed E-state index contributed by atoms with van der Waals surface area (Å²) < 4.78 is 36.8. The molecule has 2 fully saturated rings. The van der Waals surface area contributed by atoms with Gasteiger partial charge in [0, 0.05) is 12.7 Å². The van der Waals surface area contributed by atoms with E-state index in [4.69, 9.17) is 9.47 Å². The van der Waals surface area contributed by atoms with Crippen LogP contribution < -0.4 is 4.74 Å². The van der Waals surface area contributed by atoms with Crippen molar-refractivity contribution >= 4 is 10.0 Å². The Labute approximate surface area is 118 Å². The molecule has 1 aliphatic carbocycles. The molecule has 7 heteroatoms. The van der Waals surface area contributed by atoms with E-state index in [0.29, 0.717) is 18.9 Å². The molecule has 1 aromatic heterocycles. The van der Waals surface area contributed by atoms with E-state index in [1.54, 1.807) is 16.7 Å². The second-order valence-corrected chi connectivity index (χ2v) is 7.13. The summed E-state index contributed by atoms with van der Waals surface area (Å²) >= 11 is 0. The fraction of sp³-hybridized carbons (Fsp3) is 0.615. The van der Waals surface area contributed by atoms with Gasteiger partial charge in [-0.25, -0.2) is 8.42 Å². The van der Waals surface area contributed by atoms with Crippen LogP contribution in [-0.4, -0.2) is 55.4 Å². The molecule has 6 nitrogen and oxygen atoms in total. The Morgan fingerprint density at radius 3 is 3.00 bits per heavy atom. The third kappa shape index (κ3) is 2.65. The summed E-state index contributed by atoms with van der Waals surface area (Å²) in [6, 6.07) is 3.55. The lowest BCUT2D eigenvalue weighted by molar-refractivity contribution is -0.0658. The minimum Gasteiger partial charge on any atom is -0.486 e. The molecular weight excluding hydrogens is 280 g/mol.